The molecular formula is C6H8O5. The van der Waals surface area contributed by atoms with Gasteiger partial charge in [0.15, 0.2) is 6.10 Å². The maximum Gasteiger partial charge on any atom is 0.508 e. The zero-order valence-electron chi connectivity index (χ0n) is 6.03. The van der Waals surface area contributed by atoms with Gasteiger partial charge in [-0.25, -0.2) is 4.79 Å². The quantitative estimate of drug-likeness (QED) is 0.535. The number of carbonyl (C=O) groups is 2. The van der Waals surface area contributed by atoms with Crippen molar-refractivity contribution in [2.75, 3.05) is 13.2 Å². The van der Waals surface area contributed by atoms with E-state index in [-0.39, 0.29) is 13.2 Å². The fraction of sp³-hybridized carbons (Fsp3) is 0.667. The summed E-state index contributed by atoms with van der Waals surface area (Å²) >= 11 is 0. The summed E-state index contributed by atoms with van der Waals surface area (Å²) in [6.07, 6.45) is -1.14. The fourth-order valence-corrected chi connectivity index (χ4v) is 0.658. The second-order valence-electron chi connectivity index (χ2n) is 2.10. The lowest BCUT2D eigenvalue weighted by molar-refractivity contribution is -0.143. The minimum absolute atomic E-state index is 0.0705. The number of cyclic esters (lactones) is 2. The third-order valence-electron chi connectivity index (χ3n) is 1.12. The third-order valence-corrected chi connectivity index (χ3v) is 1.12. The average molecular weight is 160 g/mol. The Hall–Kier alpha value is -1.26. The summed E-state index contributed by atoms with van der Waals surface area (Å²) in [5.74, 6) is -0.395. The Labute approximate surface area is 63.2 Å². The molecule has 1 aliphatic rings. The van der Waals surface area contributed by atoms with Crippen molar-refractivity contribution in [2.24, 2.45) is 0 Å². The molecule has 1 saturated heterocycles. The van der Waals surface area contributed by atoms with Gasteiger partial charge in [0.05, 0.1) is 0 Å². The van der Waals surface area contributed by atoms with Crippen LogP contribution in [0.4, 0.5) is 4.79 Å². The molecule has 0 aromatic carbocycles. The number of esters is 1. The zero-order chi connectivity index (χ0) is 8.27. The van der Waals surface area contributed by atoms with Crippen molar-refractivity contribution in [1.29, 1.82) is 0 Å². The molecule has 0 radical (unpaired) electrons. The van der Waals surface area contributed by atoms with E-state index in [1.165, 1.54) is 6.92 Å². The summed E-state index contributed by atoms with van der Waals surface area (Å²) in [5, 5.41) is 0. The minimum Gasteiger partial charge on any atom is -0.462 e. The van der Waals surface area contributed by atoms with E-state index in [0.717, 1.165) is 0 Å². The highest BCUT2D eigenvalue weighted by Gasteiger charge is 2.25. The molecule has 5 heteroatoms. The van der Waals surface area contributed by atoms with Gasteiger partial charge in [-0.15, -0.1) is 0 Å². The van der Waals surface area contributed by atoms with Crippen molar-refractivity contribution in [3.8, 4) is 0 Å². The Morgan fingerprint density at radius 2 is 2.55 bits per heavy atom. The van der Waals surface area contributed by atoms with Crippen molar-refractivity contribution in [2.45, 2.75) is 13.0 Å². The van der Waals surface area contributed by atoms with E-state index in [4.69, 9.17) is 0 Å². The van der Waals surface area contributed by atoms with Crippen LogP contribution in [-0.4, -0.2) is 31.4 Å². The third kappa shape index (κ3) is 2.45. The highest BCUT2D eigenvalue weighted by molar-refractivity contribution is 5.66. The zero-order valence-corrected chi connectivity index (χ0v) is 6.03. The van der Waals surface area contributed by atoms with Crippen LogP contribution in [0.25, 0.3) is 0 Å². The molecule has 1 aliphatic heterocycles. The van der Waals surface area contributed by atoms with Gasteiger partial charge >= 0.3 is 12.1 Å². The number of rotatable bonds is 2. The highest BCUT2D eigenvalue weighted by Crippen LogP contribution is 2.05. The second kappa shape index (κ2) is 3.23. The molecule has 0 aromatic rings. The first kappa shape index (κ1) is 7.84. The molecule has 0 saturated carbocycles. The van der Waals surface area contributed by atoms with Crippen molar-refractivity contribution < 1.29 is 23.8 Å². The van der Waals surface area contributed by atoms with E-state index in [1.54, 1.807) is 0 Å². The van der Waals surface area contributed by atoms with E-state index in [9.17, 15) is 9.59 Å². The Balaban J connectivity index is 2.18. The fourth-order valence-electron chi connectivity index (χ4n) is 0.658. The molecule has 0 bridgehead atoms. The van der Waals surface area contributed by atoms with Crippen LogP contribution >= 0.6 is 0 Å². The van der Waals surface area contributed by atoms with Crippen LogP contribution in [-0.2, 0) is 19.0 Å². The monoisotopic (exact) mass is 160 g/mol. The molecule has 1 atom stereocenters. The van der Waals surface area contributed by atoms with Gasteiger partial charge in [0.25, 0.3) is 0 Å². The van der Waals surface area contributed by atoms with Gasteiger partial charge in [-0.1, -0.05) is 0 Å². The maximum absolute atomic E-state index is 10.3. The summed E-state index contributed by atoms with van der Waals surface area (Å²) < 4.78 is 13.6. The largest absolute Gasteiger partial charge is 0.508 e. The Bertz CT molecular complexity index is 176. The van der Waals surface area contributed by atoms with E-state index >= 15 is 0 Å². The average Bonchev–Trinajstić information content (AvgIpc) is 2.31. The van der Waals surface area contributed by atoms with Gasteiger partial charge in [0.1, 0.15) is 13.2 Å². The van der Waals surface area contributed by atoms with Gasteiger partial charge in [-0.2, -0.15) is 0 Å². The maximum atomic E-state index is 10.3. The number of hydrogen-bond donors (Lipinski definition) is 0. The predicted molar refractivity (Wildman–Crippen MR) is 32.9 cm³/mol. The molecule has 1 rings (SSSR count). The van der Waals surface area contributed by atoms with Crippen LogP contribution in [0.15, 0.2) is 0 Å². The van der Waals surface area contributed by atoms with Crippen molar-refractivity contribution >= 4 is 12.1 Å². The molecule has 5 nitrogen and oxygen atoms in total. The van der Waals surface area contributed by atoms with Crippen LogP contribution in [0.2, 0.25) is 0 Å². The van der Waals surface area contributed by atoms with Gasteiger partial charge in [-0.05, 0) is 0 Å². The Kier molecular flexibility index (Phi) is 2.30. The Morgan fingerprint density at radius 3 is 3.00 bits per heavy atom. The van der Waals surface area contributed by atoms with Crippen molar-refractivity contribution in [3.05, 3.63) is 0 Å². The van der Waals surface area contributed by atoms with Gasteiger partial charge in [0, 0.05) is 6.92 Å². The molecule has 0 amide bonds. The molecule has 0 aliphatic carbocycles. The smallest absolute Gasteiger partial charge is 0.462 e. The van der Waals surface area contributed by atoms with Gasteiger partial charge in [-0.3, -0.25) is 4.79 Å². The van der Waals surface area contributed by atoms with Crippen LogP contribution in [0, 0.1) is 0 Å². The van der Waals surface area contributed by atoms with E-state index < -0.39 is 18.2 Å². The van der Waals surface area contributed by atoms with Gasteiger partial charge in [0.2, 0.25) is 0 Å². The van der Waals surface area contributed by atoms with Crippen LogP contribution in [0.1, 0.15) is 6.92 Å². The first-order valence-corrected chi connectivity index (χ1v) is 3.15. The first-order valence-electron chi connectivity index (χ1n) is 3.15. The summed E-state index contributed by atoms with van der Waals surface area (Å²) in [4.78, 5) is 20.6. The highest BCUT2D eigenvalue weighted by atomic mass is 16.8. The van der Waals surface area contributed by atoms with E-state index in [2.05, 4.69) is 14.2 Å². The molecular weight excluding hydrogens is 152 g/mol. The molecule has 1 heterocycles. The van der Waals surface area contributed by atoms with Crippen LogP contribution < -0.4 is 0 Å². The van der Waals surface area contributed by atoms with Crippen LogP contribution in [0.5, 0.6) is 0 Å². The molecule has 0 N–H and O–H groups in total. The number of ether oxygens (including phenoxy) is 3. The first-order chi connectivity index (χ1) is 5.18. The summed E-state index contributed by atoms with van der Waals surface area (Å²) in [5.41, 5.74) is 0. The van der Waals surface area contributed by atoms with Crippen molar-refractivity contribution in [1.82, 2.24) is 0 Å². The number of hydrogen-bond acceptors (Lipinski definition) is 5. The lowest BCUT2D eigenvalue weighted by Gasteiger charge is -2.04. The van der Waals surface area contributed by atoms with E-state index in [1.807, 2.05) is 0 Å². The normalized spacial score (nSPS) is 22.3. The topological polar surface area (TPSA) is 61.8 Å². The summed E-state index contributed by atoms with van der Waals surface area (Å²) in [6.45, 7) is 1.52. The summed E-state index contributed by atoms with van der Waals surface area (Å²) in [6, 6.07) is 0. The molecule has 62 valence electrons. The number of carbonyl (C=O) groups excluding carboxylic acids is 2. The van der Waals surface area contributed by atoms with Crippen LogP contribution in [0.3, 0.4) is 0 Å². The second-order valence-corrected chi connectivity index (χ2v) is 2.10. The lowest BCUT2D eigenvalue weighted by atomic mass is 10.4. The predicted octanol–water partition coefficient (Wildman–Crippen LogP) is 0.0849. The standard InChI is InChI=1S/C6H8O5/c1-4(7)9-2-5-3-10-6(8)11-5/h5H,2-3H2,1H3/t5-/m0/s1. The Morgan fingerprint density at radius 1 is 1.82 bits per heavy atom. The molecule has 11 heavy (non-hydrogen) atoms. The molecule has 1 fully saturated rings. The molecule has 0 spiro atoms. The van der Waals surface area contributed by atoms with Crippen molar-refractivity contribution in [3.63, 3.8) is 0 Å². The van der Waals surface area contributed by atoms with Gasteiger partial charge < -0.3 is 14.2 Å². The van der Waals surface area contributed by atoms with E-state index in [0.29, 0.717) is 0 Å². The lowest BCUT2D eigenvalue weighted by Crippen LogP contribution is -2.19. The molecule has 0 aromatic heterocycles. The molecule has 0 unspecified atom stereocenters. The summed E-state index contributed by atoms with van der Waals surface area (Å²) in [7, 11) is 0. The minimum atomic E-state index is -0.706. The SMILES string of the molecule is CC(=O)OC[C@H]1COC(=O)O1.